The van der Waals surface area contributed by atoms with Gasteiger partial charge in [0.2, 0.25) is 0 Å². The van der Waals surface area contributed by atoms with Crippen molar-refractivity contribution >= 4 is 21.8 Å². The molecule has 5 aromatic rings. The van der Waals surface area contributed by atoms with Gasteiger partial charge in [0, 0.05) is 21.9 Å². The highest BCUT2D eigenvalue weighted by Gasteiger charge is 2.59. The van der Waals surface area contributed by atoms with E-state index in [9.17, 15) is 0 Å². The molecule has 1 heterocycles. The topological polar surface area (TPSA) is 4.93 Å². The normalized spacial score (nSPS) is 29.5. The van der Waals surface area contributed by atoms with Crippen LogP contribution >= 0.6 is 0 Å². The van der Waals surface area contributed by atoms with Crippen LogP contribution in [0, 0.1) is 23.7 Å². The second-order valence-electron chi connectivity index (χ2n) is 12.6. The van der Waals surface area contributed by atoms with Gasteiger partial charge >= 0.3 is 0 Å². The molecule has 4 bridgehead atoms. The molecule has 1 heteroatoms. The van der Waals surface area contributed by atoms with Crippen molar-refractivity contribution in [3.8, 4) is 16.8 Å². The predicted molar refractivity (Wildman–Crippen MR) is 153 cm³/mol. The Labute approximate surface area is 219 Å². The third kappa shape index (κ3) is 2.75. The third-order valence-electron chi connectivity index (χ3n) is 11.0. The predicted octanol–water partition coefficient (Wildman–Crippen LogP) is 9.09. The highest BCUT2D eigenvalue weighted by atomic mass is 15.0. The average molecular weight is 480 g/mol. The Morgan fingerprint density at radius 3 is 2.08 bits per heavy atom. The van der Waals surface area contributed by atoms with E-state index in [-0.39, 0.29) is 0 Å². The van der Waals surface area contributed by atoms with E-state index in [0.29, 0.717) is 5.41 Å². The van der Waals surface area contributed by atoms with Crippen molar-refractivity contribution in [1.82, 2.24) is 4.57 Å². The Balaban J connectivity index is 1.22. The minimum Gasteiger partial charge on any atom is -0.309 e. The zero-order valence-electron chi connectivity index (χ0n) is 21.4. The molecular weight excluding hydrogens is 446 g/mol. The first kappa shape index (κ1) is 20.7. The van der Waals surface area contributed by atoms with Crippen LogP contribution in [0.15, 0.2) is 91.0 Å². The van der Waals surface area contributed by atoms with Crippen LogP contribution in [0.1, 0.15) is 49.7 Å². The number of aryl methyl sites for hydroxylation is 1. The summed E-state index contributed by atoms with van der Waals surface area (Å²) in [6.45, 7) is 0. The molecule has 0 atom stereocenters. The summed E-state index contributed by atoms with van der Waals surface area (Å²) in [7, 11) is 0. The van der Waals surface area contributed by atoms with E-state index in [2.05, 4.69) is 95.6 Å². The average Bonchev–Trinajstić information content (AvgIpc) is 3.48. The first-order valence-electron chi connectivity index (χ1n) is 14.5. The Hall–Kier alpha value is -3.32. The lowest BCUT2D eigenvalue weighted by molar-refractivity contribution is -0.0601. The Morgan fingerprint density at radius 2 is 1.27 bits per heavy atom. The quantitative estimate of drug-likeness (QED) is 0.238. The Kier molecular flexibility index (Phi) is 4.13. The molecule has 1 spiro atoms. The van der Waals surface area contributed by atoms with Crippen LogP contribution < -0.4 is 0 Å². The van der Waals surface area contributed by atoms with E-state index >= 15 is 0 Å². The number of aromatic nitrogens is 1. The van der Waals surface area contributed by atoms with Crippen LogP contribution in [0.5, 0.6) is 0 Å². The van der Waals surface area contributed by atoms with Crippen molar-refractivity contribution in [2.75, 3.05) is 0 Å². The van der Waals surface area contributed by atoms with Gasteiger partial charge in [-0.25, -0.2) is 0 Å². The molecule has 1 nitrogen and oxygen atoms in total. The van der Waals surface area contributed by atoms with Gasteiger partial charge in [-0.15, -0.1) is 0 Å². The second-order valence-corrected chi connectivity index (χ2v) is 12.6. The summed E-state index contributed by atoms with van der Waals surface area (Å²) in [6, 6.07) is 34.4. The van der Waals surface area contributed by atoms with Crippen LogP contribution in [-0.2, 0) is 11.8 Å². The van der Waals surface area contributed by atoms with Crippen LogP contribution in [0.2, 0.25) is 0 Å². The van der Waals surface area contributed by atoms with E-state index in [1.54, 1.807) is 11.1 Å². The number of fused-ring (bicyclic) bond motifs is 4. The third-order valence-corrected chi connectivity index (χ3v) is 11.0. The number of benzene rings is 4. The minimum absolute atomic E-state index is 0.474. The molecule has 0 saturated heterocycles. The fourth-order valence-electron chi connectivity index (χ4n) is 9.76. The fraction of sp³-hybridized carbons (Fsp3) is 0.333. The molecule has 0 radical (unpaired) electrons. The highest BCUT2D eigenvalue weighted by molar-refractivity contribution is 6.10. The number of rotatable bonds is 2. The second kappa shape index (κ2) is 7.38. The maximum absolute atomic E-state index is 2.64. The van der Waals surface area contributed by atoms with Crippen LogP contribution in [0.3, 0.4) is 0 Å². The SMILES string of the molecule is c1ccc(-n2c3ccccc3c3ccc(-c4ccc5c(c4)C4(CC5)C5CC6CC(C5)CC4C6)cc32)cc1. The first-order chi connectivity index (χ1) is 18.3. The molecule has 0 N–H and O–H groups in total. The zero-order chi connectivity index (χ0) is 24.1. The van der Waals surface area contributed by atoms with E-state index < -0.39 is 0 Å². The van der Waals surface area contributed by atoms with E-state index in [1.807, 2.05) is 0 Å². The fourth-order valence-corrected chi connectivity index (χ4v) is 9.76. The smallest absolute Gasteiger partial charge is 0.0547 e. The summed E-state index contributed by atoms with van der Waals surface area (Å²) in [6.07, 6.45) is 10.2. The van der Waals surface area contributed by atoms with Gasteiger partial charge in [-0.1, -0.05) is 66.7 Å². The molecule has 4 fully saturated rings. The number of para-hydroxylation sites is 2. The van der Waals surface area contributed by atoms with Crippen molar-refractivity contribution in [1.29, 1.82) is 0 Å². The number of hydrogen-bond donors (Lipinski definition) is 0. The van der Waals surface area contributed by atoms with Crippen molar-refractivity contribution in [2.45, 2.75) is 50.4 Å². The van der Waals surface area contributed by atoms with Crippen molar-refractivity contribution in [2.24, 2.45) is 23.7 Å². The molecule has 37 heavy (non-hydrogen) atoms. The summed E-state index contributed by atoms with van der Waals surface area (Å²) in [4.78, 5) is 0. The van der Waals surface area contributed by atoms with Gasteiger partial charge in [0.15, 0.2) is 0 Å². The summed E-state index contributed by atoms with van der Waals surface area (Å²) in [5.74, 6) is 3.93. The zero-order valence-corrected chi connectivity index (χ0v) is 21.4. The highest BCUT2D eigenvalue weighted by Crippen LogP contribution is 2.66. The molecule has 4 aromatic carbocycles. The van der Waals surface area contributed by atoms with E-state index in [4.69, 9.17) is 0 Å². The van der Waals surface area contributed by atoms with Crippen molar-refractivity contribution in [3.05, 3.63) is 102 Å². The maximum atomic E-state index is 2.64. The lowest BCUT2D eigenvalue weighted by Crippen LogP contribution is -2.54. The standard InChI is InChI=1S/C36H33N/c1-2-6-30(7-3-1)37-34-9-5-4-8-31(34)32-13-12-27(22-35(32)37)26-11-10-25-14-15-36(33(25)21-26)28-17-23-16-24(19-28)20-29(36)18-23/h1-13,21-24,28-29H,14-20H2. The molecule has 5 aliphatic carbocycles. The van der Waals surface area contributed by atoms with Crippen LogP contribution in [0.25, 0.3) is 38.6 Å². The van der Waals surface area contributed by atoms with Crippen molar-refractivity contribution in [3.63, 3.8) is 0 Å². The van der Waals surface area contributed by atoms with E-state index in [1.165, 1.54) is 83.6 Å². The lowest BCUT2D eigenvalue weighted by atomic mass is 9.44. The van der Waals surface area contributed by atoms with Gasteiger partial charge in [-0.3, -0.25) is 0 Å². The Morgan fingerprint density at radius 1 is 0.595 bits per heavy atom. The first-order valence-corrected chi connectivity index (χ1v) is 14.5. The van der Waals surface area contributed by atoms with Gasteiger partial charge in [-0.2, -0.15) is 0 Å². The van der Waals surface area contributed by atoms with Crippen molar-refractivity contribution < 1.29 is 0 Å². The molecule has 0 unspecified atom stereocenters. The van der Waals surface area contributed by atoms with Gasteiger partial charge in [-0.05, 0) is 115 Å². The van der Waals surface area contributed by atoms with Gasteiger partial charge < -0.3 is 4.57 Å². The van der Waals surface area contributed by atoms with Crippen LogP contribution in [-0.4, -0.2) is 4.57 Å². The number of nitrogens with zero attached hydrogens (tertiary/aromatic N) is 1. The molecule has 0 aliphatic heterocycles. The minimum atomic E-state index is 0.474. The van der Waals surface area contributed by atoms with Gasteiger partial charge in [0.1, 0.15) is 0 Å². The molecule has 1 aromatic heterocycles. The molecule has 182 valence electrons. The lowest BCUT2D eigenvalue weighted by Gasteiger charge is -2.61. The summed E-state index contributed by atoms with van der Waals surface area (Å²) < 4.78 is 2.45. The van der Waals surface area contributed by atoms with Crippen LogP contribution in [0.4, 0.5) is 0 Å². The maximum Gasteiger partial charge on any atom is 0.0547 e. The summed E-state index contributed by atoms with van der Waals surface area (Å²) in [5.41, 5.74) is 10.4. The number of hydrogen-bond acceptors (Lipinski definition) is 0. The van der Waals surface area contributed by atoms with Gasteiger partial charge in [0.05, 0.1) is 11.0 Å². The molecular formula is C36H33N. The molecule has 5 aliphatic rings. The molecule has 10 rings (SSSR count). The van der Waals surface area contributed by atoms with E-state index in [0.717, 1.165) is 23.7 Å². The summed E-state index contributed by atoms with van der Waals surface area (Å²) >= 11 is 0. The van der Waals surface area contributed by atoms with Gasteiger partial charge in [0.25, 0.3) is 0 Å². The Bertz CT molecular complexity index is 1660. The molecule has 4 saturated carbocycles. The largest absolute Gasteiger partial charge is 0.309 e. The summed E-state index contributed by atoms with van der Waals surface area (Å²) in [5, 5.41) is 2.66. The molecule has 0 amide bonds. The monoisotopic (exact) mass is 479 g/mol.